The van der Waals surface area contributed by atoms with Crippen LogP contribution < -0.4 is 0 Å². The van der Waals surface area contributed by atoms with Crippen LogP contribution in [0, 0.1) is 6.92 Å². The summed E-state index contributed by atoms with van der Waals surface area (Å²) in [5.74, 6) is 0.0806. The lowest BCUT2D eigenvalue weighted by molar-refractivity contribution is 0.0387. The van der Waals surface area contributed by atoms with Crippen molar-refractivity contribution < 1.29 is 14.0 Å². The van der Waals surface area contributed by atoms with Gasteiger partial charge in [-0.2, -0.15) is 0 Å². The van der Waals surface area contributed by atoms with Gasteiger partial charge in [0.2, 0.25) is 0 Å². The van der Waals surface area contributed by atoms with E-state index in [4.69, 9.17) is 20.9 Å². The highest BCUT2D eigenvalue weighted by Crippen LogP contribution is 2.22. The second-order valence-corrected chi connectivity index (χ2v) is 7.50. The van der Waals surface area contributed by atoms with Gasteiger partial charge in [-0.3, -0.25) is 4.79 Å². The first-order chi connectivity index (χ1) is 14.1. The summed E-state index contributed by atoms with van der Waals surface area (Å²) in [4.78, 5) is 20.3. The third-order valence-corrected chi connectivity index (χ3v) is 5.25. The second-order valence-electron chi connectivity index (χ2n) is 7.09. The minimum atomic E-state index is -0.229. The van der Waals surface area contributed by atoms with Gasteiger partial charge in [0.15, 0.2) is 11.9 Å². The van der Waals surface area contributed by atoms with Crippen LogP contribution in [0.25, 0.3) is 0 Å². The van der Waals surface area contributed by atoms with E-state index in [1.54, 1.807) is 17.0 Å². The fraction of sp³-hybridized carbons (Fsp3) is 0.217. The van der Waals surface area contributed by atoms with E-state index in [2.05, 4.69) is 17.3 Å². The number of halogens is 1. The highest BCUT2D eigenvalue weighted by Gasteiger charge is 2.28. The average molecular weight is 409 g/mol. The zero-order chi connectivity index (χ0) is 20.2. The second kappa shape index (κ2) is 8.53. The molecule has 0 aliphatic carbocycles. The third kappa shape index (κ3) is 4.51. The maximum absolute atomic E-state index is 13.0. The minimum Gasteiger partial charge on any atom is -0.459 e. The predicted molar refractivity (Wildman–Crippen MR) is 112 cm³/mol. The molecule has 1 aliphatic heterocycles. The molecule has 0 saturated heterocycles. The number of oxime groups is 1. The van der Waals surface area contributed by atoms with Crippen LogP contribution in [0.1, 0.15) is 33.7 Å². The molecule has 1 amide bonds. The largest absolute Gasteiger partial charge is 0.459 e. The number of aryl methyl sites for hydroxylation is 1. The molecule has 2 aromatic carbocycles. The van der Waals surface area contributed by atoms with E-state index in [-0.39, 0.29) is 17.8 Å². The van der Waals surface area contributed by atoms with E-state index >= 15 is 0 Å². The SMILES string of the molecule is Cc1ccc(C2=NO[C@@H](CN(Cc3ccccc3Cl)C(=O)c3ccco3)C2)cc1. The van der Waals surface area contributed by atoms with Gasteiger partial charge in [-0.25, -0.2) is 0 Å². The maximum atomic E-state index is 13.0. The predicted octanol–water partition coefficient (Wildman–Crippen LogP) is 5.08. The Hall–Kier alpha value is -3.05. The molecule has 0 bridgehead atoms. The number of benzene rings is 2. The van der Waals surface area contributed by atoms with Gasteiger partial charge < -0.3 is 14.2 Å². The van der Waals surface area contributed by atoms with Gasteiger partial charge in [0.05, 0.1) is 18.5 Å². The van der Waals surface area contributed by atoms with Crippen molar-refractivity contribution in [2.45, 2.75) is 26.0 Å². The first-order valence-corrected chi connectivity index (χ1v) is 9.84. The Kier molecular flexibility index (Phi) is 5.67. The average Bonchev–Trinajstić information content (AvgIpc) is 3.41. The summed E-state index contributed by atoms with van der Waals surface area (Å²) in [7, 11) is 0. The molecular weight excluding hydrogens is 388 g/mol. The minimum absolute atomic E-state index is 0.206. The molecule has 6 heteroatoms. The smallest absolute Gasteiger partial charge is 0.289 e. The van der Waals surface area contributed by atoms with Gasteiger partial charge in [-0.05, 0) is 36.2 Å². The molecule has 1 atom stereocenters. The van der Waals surface area contributed by atoms with Crippen LogP contribution in [0.15, 0.2) is 76.5 Å². The van der Waals surface area contributed by atoms with E-state index in [9.17, 15) is 4.79 Å². The van der Waals surface area contributed by atoms with Crippen molar-refractivity contribution >= 4 is 23.2 Å². The first-order valence-electron chi connectivity index (χ1n) is 9.46. The molecule has 2 heterocycles. The van der Waals surface area contributed by atoms with E-state index in [0.717, 1.165) is 16.8 Å². The van der Waals surface area contributed by atoms with Crippen LogP contribution in [0.4, 0.5) is 0 Å². The van der Waals surface area contributed by atoms with E-state index in [1.165, 1.54) is 11.8 Å². The summed E-state index contributed by atoms with van der Waals surface area (Å²) in [5, 5.41) is 4.87. The molecule has 4 rings (SSSR count). The van der Waals surface area contributed by atoms with Gasteiger partial charge in [-0.1, -0.05) is 64.8 Å². The van der Waals surface area contributed by atoms with Crippen molar-refractivity contribution in [2.24, 2.45) is 5.16 Å². The topological polar surface area (TPSA) is 55.0 Å². The standard InChI is InChI=1S/C23H21ClN2O3/c1-16-8-10-17(11-9-16)21-13-19(29-25-21)15-26(23(27)22-7-4-12-28-22)14-18-5-2-3-6-20(18)24/h2-12,19H,13-15H2,1H3/t19-/m1/s1. The highest BCUT2D eigenvalue weighted by molar-refractivity contribution is 6.31. The lowest BCUT2D eigenvalue weighted by atomic mass is 10.0. The first kappa shape index (κ1) is 19.3. The van der Waals surface area contributed by atoms with Gasteiger partial charge >= 0.3 is 0 Å². The fourth-order valence-corrected chi connectivity index (χ4v) is 3.49. The van der Waals surface area contributed by atoms with E-state index < -0.39 is 0 Å². The van der Waals surface area contributed by atoms with Gasteiger partial charge in [0, 0.05) is 18.0 Å². The summed E-state index contributed by atoms with van der Waals surface area (Å²) < 4.78 is 5.32. The lowest BCUT2D eigenvalue weighted by Crippen LogP contribution is -2.37. The van der Waals surface area contributed by atoms with Crippen molar-refractivity contribution in [3.8, 4) is 0 Å². The molecule has 0 unspecified atom stereocenters. The Bertz CT molecular complexity index is 1010. The number of hydrogen-bond acceptors (Lipinski definition) is 4. The molecule has 1 aromatic heterocycles. The monoisotopic (exact) mass is 408 g/mol. The van der Waals surface area contributed by atoms with Crippen LogP contribution in [0.3, 0.4) is 0 Å². The summed E-state index contributed by atoms with van der Waals surface area (Å²) in [6, 6.07) is 19.0. The van der Waals surface area contributed by atoms with E-state index in [1.807, 2.05) is 43.3 Å². The molecule has 0 spiro atoms. The number of hydrogen-bond donors (Lipinski definition) is 0. The molecule has 5 nitrogen and oxygen atoms in total. The van der Waals surface area contributed by atoms with Crippen LogP contribution in [-0.2, 0) is 11.4 Å². The van der Waals surface area contributed by atoms with Gasteiger partial charge in [-0.15, -0.1) is 0 Å². The van der Waals surface area contributed by atoms with Crippen molar-refractivity contribution in [3.05, 3.63) is 94.4 Å². The van der Waals surface area contributed by atoms with Crippen LogP contribution in [0.5, 0.6) is 0 Å². The molecule has 0 N–H and O–H groups in total. The van der Waals surface area contributed by atoms with Crippen LogP contribution in [0.2, 0.25) is 5.02 Å². The lowest BCUT2D eigenvalue weighted by Gasteiger charge is -2.24. The summed E-state index contributed by atoms with van der Waals surface area (Å²) >= 11 is 6.32. The van der Waals surface area contributed by atoms with Crippen molar-refractivity contribution in [3.63, 3.8) is 0 Å². The Labute approximate surface area is 174 Å². The summed E-state index contributed by atoms with van der Waals surface area (Å²) in [6.45, 7) is 2.79. The Morgan fingerprint density at radius 3 is 2.66 bits per heavy atom. The highest BCUT2D eigenvalue weighted by atomic mass is 35.5. The van der Waals surface area contributed by atoms with Gasteiger partial charge in [0.25, 0.3) is 5.91 Å². The third-order valence-electron chi connectivity index (χ3n) is 4.88. The molecule has 0 radical (unpaired) electrons. The zero-order valence-corrected chi connectivity index (χ0v) is 16.8. The number of nitrogens with zero attached hydrogens (tertiary/aromatic N) is 2. The molecular formula is C23H21ClN2O3. The summed E-state index contributed by atoms with van der Waals surface area (Å²) in [6.07, 6.45) is 1.90. The number of amides is 1. The van der Waals surface area contributed by atoms with Crippen molar-refractivity contribution in [2.75, 3.05) is 6.54 Å². The molecule has 29 heavy (non-hydrogen) atoms. The fourth-order valence-electron chi connectivity index (χ4n) is 3.30. The zero-order valence-electron chi connectivity index (χ0n) is 16.0. The Morgan fingerprint density at radius 2 is 1.93 bits per heavy atom. The number of carbonyl (C=O) groups excluding carboxylic acids is 1. The van der Waals surface area contributed by atoms with Crippen molar-refractivity contribution in [1.82, 2.24) is 4.90 Å². The number of carbonyl (C=O) groups is 1. The molecule has 1 aliphatic rings. The van der Waals surface area contributed by atoms with E-state index in [0.29, 0.717) is 24.5 Å². The van der Waals surface area contributed by atoms with Crippen LogP contribution >= 0.6 is 11.6 Å². The van der Waals surface area contributed by atoms with Crippen molar-refractivity contribution in [1.29, 1.82) is 0 Å². The molecule has 0 saturated carbocycles. The number of furan rings is 1. The molecule has 3 aromatic rings. The molecule has 0 fully saturated rings. The Morgan fingerprint density at radius 1 is 1.14 bits per heavy atom. The Balaban J connectivity index is 1.49. The van der Waals surface area contributed by atoms with Crippen LogP contribution in [-0.4, -0.2) is 29.2 Å². The normalized spacial score (nSPS) is 15.7. The number of rotatable bonds is 6. The quantitative estimate of drug-likeness (QED) is 0.571. The molecule has 148 valence electrons. The summed E-state index contributed by atoms with van der Waals surface area (Å²) in [5.41, 5.74) is 3.98. The van der Waals surface area contributed by atoms with Gasteiger partial charge in [0.1, 0.15) is 0 Å². The maximum Gasteiger partial charge on any atom is 0.289 e.